The van der Waals surface area contributed by atoms with Crippen LogP contribution in [0.1, 0.15) is 45.4 Å². The molecule has 1 aliphatic heterocycles. The van der Waals surface area contributed by atoms with E-state index in [-0.39, 0.29) is 23.6 Å². The van der Waals surface area contributed by atoms with Crippen LogP contribution < -0.4 is 5.32 Å². The number of phenols is 1. The Balaban J connectivity index is 1.60. The van der Waals surface area contributed by atoms with E-state index in [4.69, 9.17) is 4.42 Å². The number of hydrogen-bond acceptors (Lipinski definition) is 7. The Bertz CT molecular complexity index is 1250. The van der Waals surface area contributed by atoms with Crippen molar-refractivity contribution in [2.75, 3.05) is 0 Å². The van der Waals surface area contributed by atoms with Crippen molar-refractivity contribution in [1.82, 2.24) is 10.2 Å². The van der Waals surface area contributed by atoms with Gasteiger partial charge in [0, 0.05) is 24.9 Å². The number of nitrogens with zero attached hydrogens (tertiary/aromatic N) is 2. The minimum absolute atomic E-state index is 0.163. The molecule has 0 unspecified atom stereocenters. The average Bonchev–Trinajstić information content (AvgIpc) is 3.44. The zero-order valence-corrected chi connectivity index (χ0v) is 18.8. The van der Waals surface area contributed by atoms with Gasteiger partial charge in [-0.2, -0.15) is 0 Å². The topological polar surface area (TPSA) is 143 Å². The van der Waals surface area contributed by atoms with Gasteiger partial charge in [0.15, 0.2) is 5.75 Å². The van der Waals surface area contributed by atoms with Crippen molar-refractivity contribution in [3.05, 3.63) is 93.4 Å². The molecule has 0 radical (unpaired) electrons. The summed E-state index contributed by atoms with van der Waals surface area (Å²) in [4.78, 5) is 51.0. The van der Waals surface area contributed by atoms with E-state index in [1.165, 1.54) is 18.2 Å². The molecule has 180 valence electrons. The van der Waals surface area contributed by atoms with Gasteiger partial charge in [0.05, 0.1) is 22.3 Å². The van der Waals surface area contributed by atoms with Crippen molar-refractivity contribution in [2.45, 2.75) is 38.3 Å². The number of benzene rings is 2. The third-order valence-corrected chi connectivity index (χ3v) is 5.90. The highest BCUT2D eigenvalue weighted by molar-refractivity contribution is 6.22. The quantitative estimate of drug-likeness (QED) is 0.274. The molecular formula is C25H23N3O7. The number of fused-ring (bicyclic) bond motifs is 1. The van der Waals surface area contributed by atoms with Crippen LogP contribution in [0.2, 0.25) is 0 Å². The van der Waals surface area contributed by atoms with Crippen molar-refractivity contribution >= 4 is 23.4 Å². The number of nitrogens with one attached hydrogen (secondary N) is 1. The first kappa shape index (κ1) is 23.7. The summed E-state index contributed by atoms with van der Waals surface area (Å²) in [6.07, 6.45) is 2.53. The fourth-order valence-corrected chi connectivity index (χ4v) is 4.08. The molecule has 3 amide bonds. The monoisotopic (exact) mass is 477 g/mol. The summed E-state index contributed by atoms with van der Waals surface area (Å²) in [5, 5.41) is 23.9. The zero-order valence-electron chi connectivity index (χ0n) is 18.8. The number of hydrogen-bond donors (Lipinski definition) is 2. The fourth-order valence-electron chi connectivity index (χ4n) is 4.08. The van der Waals surface area contributed by atoms with Gasteiger partial charge >= 0.3 is 5.69 Å². The SMILES string of the molecule is C[C@@H](CCc1ccco1)NC(=O)[C@H](Cc1ccc(O)c([N+](=O)[O-])c1)N1C(=O)c2ccccc2C1=O. The second-order valence-electron chi connectivity index (χ2n) is 8.35. The maximum atomic E-state index is 13.4. The Morgan fingerprint density at radius 1 is 1.11 bits per heavy atom. The van der Waals surface area contributed by atoms with Gasteiger partial charge in [0.2, 0.25) is 5.91 Å². The Morgan fingerprint density at radius 2 is 1.80 bits per heavy atom. The van der Waals surface area contributed by atoms with Crippen LogP contribution in [0.3, 0.4) is 0 Å². The van der Waals surface area contributed by atoms with Crippen LogP contribution in [-0.4, -0.2) is 44.7 Å². The molecule has 35 heavy (non-hydrogen) atoms. The number of aromatic hydroxyl groups is 1. The summed E-state index contributed by atoms with van der Waals surface area (Å²) in [5.41, 5.74) is 0.168. The minimum atomic E-state index is -1.25. The third kappa shape index (κ3) is 4.91. The van der Waals surface area contributed by atoms with Crippen LogP contribution in [0.25, 0.3) is 0 Å². The van der Waals surface area contributed by atoms with E-state index in [1.807, 2.05) is 6.07 Å². The minimum Gasteiger partial charge on any atom is -0.502 e. The van der Waals surface area contributed by atoms with Gasteiger partial charge < -0.3 is 14.8 Å². The van der Waals surface area contributed by atoms with Gasteiger partial charge in [-0.25, -0.2) is 0 Å². The summed E-state index contributed by atoms with van der Waals surface area (Å²) in [5.74, 6) is -1.54. The number of nitro groups is 1. The van der Waals surface area contributed by atoms with Crippen LogP contribution in [0.15, 0.2) is 65.3 Å². The first-order valence-electron chi connectivity index (χ1n) is 11.0. The lowest BCUT2D eigenvalue weighted by molar-refractivity contribution is -0.385. The molecule has 0 bridgehead atoms. The summed E-state index contributed by atoms with van der Waals surface area (Å²) in [6, 6.07) is 12.0. The molecule has 0 aliphatic carbocycles. The predicted molar refractivity (Wildman–Crippen MR) is 124 cm³/mol. The Hall–Kier alpha value is -4.47. The zero-order chi connectivity index (χ0) is 25.1. The molecule has 0 fully saturated rings. The summed E-state index contributed by atoms with van der Waals surface area (Å²) < 4.78 is 5.32. The number of rotatable bonds is 9. The van der Waals surface area contributed by atoms with E-state index in [9.17, 15) is 29.6 Å². The van der Waals surface area contributed by atoms with Gasteiger partial charge in [0.25, 0.3) is 11.8 Å². The van der Waals surface area contributed by atoms with Crippen molar-refractivity contribution < 1.29 is 28.8 Å². The highest BCUT2D eigenvalue weighted by Crippen LogP contribution is 2.30. The molecule has 3 aromatic rings. The van der Waals surface area contributed by atoms with Crippen molar-refractivity contribution in [3.63, 3.8) is 0 Å². The number of aryl methyl sites for hydroxylation is 1. The highest BCUT2D eigenvalue weighted by Gasteiger charge is 2.43. The van der Waals surface area contributed by atoms with Crippen LogP contribution >= 0.6 is 0 Å². The van der Waals surface area contributed by atoms with Crippen molar-refractivity contribution in [2.24, 2.45) is 0 Å². The van der Waals surface area contributed by atoms with Crippen LogP contribution in [-0.2, 0) is 17.6 Å². The molecule has 0 saturated carbocycles. The first-order chi connectivity index (χ1) is 16.8. The maximum Gasteiger partial charge on any atom is 0.310 e. The Morgan fingerprint density at radius 3 is 2.40 bits per heavy atom. The summed E-state index contributed by atoms with van der Waals surface area (Å²) in [7, 11) is 0. The number of imide groups is 1. The van der Waals surface area contributed by atoms with Gasteiger partial charge in [0.1, 0.15) is 11.8 Å². The standard InChI is InChI=1S/C25H23N3O7/c1-15(8-10-17-5-4-12-35-17)26-23(30)21(14-16-9-11-22(29)20(13-16)28(33)34)27-24(31)18-6-2-3-7-19(18)25(27)32/h2-7,9,11-13,15,21,29H,8,10,14H2,1H3,(H,26,30)/t15-,21-/m0/s1. The van der Waals surface area contributed by atoms with E-state index < -0.39 is 40.1 Å². The second-order valence-corrected chi connectivity index (χ2v) is 8.35. The molecule has 2 N–H and O–H groups in total. The summed E-state index contributed by atoms with van der Waals surface area (Å²) >= 11 is 0. The van der Waals surface area contributed by atoms with Gasteiger partial charge in [-0.3, -0.25) is 29.4 Å². The fraction of sp³-hybridized carbons (Fsp3) is 0.240. The lowest BCUT2D eigenvalue weighted by Crippen LogP contribution is -2.52. The van der Waals surface area contributed by atoms with E-state index in [0.717, 1.165) is 22.8 Å². The Labute approximate surface area is 200 Å². The van der Waals surface area contributed by atoms with Crippen LogP contribution in [0.4, 0.5) is 5.69 Å². The molecule has 10 heteroatoms. The maximum absolute atomic E-state index is 13.4. The lowest BCUT2D eigenvalue weighted by atomic mass is 10.0. The number of nitro benzene ring substituents is 1. The first-order valence-corrected chi connectivity index (χ1v) is 11.0. The Kier molecular flexibility index (Phi) is 6.63. The number of amides is 3. The second kappa shape index (κ2) is 9.80. The average molecular weight is 477 g/mol. The van der Waals surface area contributed by atoms with E-state index >= 15 is 0 Å². The molecule has 1 aliphatic rings. The number of carbonyl (C=O) groups is 3. The molecule has 2 heterocycles. The van der Waals surface area contributed by atoms with Crippen molar-refractivity contribution in [1.29, 1.82) is 0 Å². The number of phenolic OH excluding ortho intramolecular Hbond substituents is 1. The molecule has 1 aromatic heterocycles. The van der Waals surface area contributed by atoms with E-state index in [1.54, 1.807) is 31.4 Å². The molecule has 2 atom stereocenters. The lowest BCUT2D eigenvalue weighted by Gasteiger charge is -2.27. The normalized spacial score (nSPS) is 14.5. The summed E-state index contributed by atoms with van der Waals surface area (Å²) in [6.45, 7) is 1.80. The molecular weight excluding hydrogens is 454 g/mol. The molecule has 0 spiro atoms. The predicted octanol–water partition coefficient (Wildman–Crippen LogP) is 3.24. The van der Waals surface area contributed by atoms with Crippen molar-refractivity contribution in [3.8, 4) is 5.75 Å². The molecule has 0 saturated heterocycles. The van der Waals surface area contributed by atoms with Gasteiger partial charge in [-0.15, -0.1) is 0 Å². The number of carbonyl (C=O) groups excluding carboxylic acids is 3. The van der Waals surface area contributed by atoms with Crippen LogP contribution in [0.5, 0.6) is 5.75 Å². The van der Waals surface area contributed by atoms with E-state index in [2.05, 4.69) is 5.32 Å². The molecule has 10 nitrogen and oxygen atoms in total. The largest absolute Gasteiger partial charge is 0.502 e. The van der Waals surface area contributed by atoms with Gasteiger partial charge in [-0.05, 0) is 49.2 Å². The smallest absolute Gasteiger partial charge is 0.310 e. The number of furan rings is 1. The van der Waals surface area contributed by atoms with Gasteiger partial charge in [-0.1, -0.05) is 18.2 Å². The third-order valence-electron chi connectivity index (χ3n) is 5.90. The molecule has 4 rings (SSSR count). The van der Waals surface area contributed by atoms with Crippen LogP contribution in [0, 0.1) is 10.1 Å². The van der Waals surface area contributed by atoms with E-state index in [0.29, 0.717) is 18.4 Å². The molecule has 2 aromatic carbocycles. The highest BCUT2D eigenvalue weighted by atomic mass is 16.6.